The van der Waals surface area contributed by atoms with Crippen LogP contribution < -0.4 is 0 Å². The third kappa shape index (κ3) is 1.79. The Bertz CT molecular complexity index is 297. The molecule has 0 aromatic carbocycles. The van der Waals surface area contributed by atoms with Crippen LogP contribution in [0.5, 0.6) is 0 Å². The Morgan fingerprint density at radius 2 is 2.17 bits per heavy atom. The van der Waals surface area contributed by atoms with Gasteiger partial charge in [-0.1, -0.05) is 26.2 Å². The van der Waals surface area contributed by atoms with E-state index in [1.807, 2.05) is 12.1 Å². The van der Waals surface area contributed by atoms with Gasteiger partial charge in [0.1, 0.15) is 5.76 Å². The summed E-state index contributed by atoms with van der Waals surface area (Å²) in [5, 5.41) is 1.16. The molecule has 0 N–H and O–H groups in total. The van der Waals surface area contributed by atoms with Gasteiger partial charge in [0.05, 0.1) is 14.3 Å². The second kappa shape index (κ2) is 3.17. The summed E-state index contributed by atoms with van der Waals surface area (Å²) >= 11 is 0. The van der Waals surface area contributed by atoms with E-state index < -0.39 is 8.07 Å². The Labute approximate surface area is 74.4 Å². The van der Waals surface area contributed by atoms with Crippen molar-refractivity contribution in [3.8, 4) is 0 Å². The SMILES string of the molecule is C=C=C(c1ccco1)[Si](C)(C)C. The summed E-state index contributed by atoms with van der Waals surface area (Å²) in [6.07, 6.45) is 1.69. The largest absolute Gasteiger partial charge is 0.464 e. The van der Waals surface area contributed by atoms with Crippen molar-refractivity contribution in [1.29, 1.82) is 0 Å². The molecule has 1 nitrogen and oxygen atoms in total. The zero-order valence-corrected chi connectivity index (χ0v) is 8.85. The molecule has 0 radical (unpaired) electrons. The van der Waals surface area contributed by atoms with Crippen molar-refractivity contribution >= 4 is 13.3 Å². The van der Waals surface area contributed by atoms with Crippen LogP contribution in [-0.2, 0) is 0 Å². The van der Waals surface area contributed by atoms with Gasteiger partial charge in [-0.3, -0.25) is 0 Å². The van der Waals surface area contributed by atoms with Crippen molar-refractivity contribution in [3.05, 3.63) is 36.5 Å². The highest BCUT2D eigenvalue weighted by molar-refractivity contribution is 6.93. The first-order valence-electron chi connectivity index (χ1n) is 4.00. The lowest BCUT2D eigenvalue weighted by Gasteiger charge is -2.16. The van der Waals surface area contributed by atoms with E-state index in [9.17, 15) is 0 Å². The normalized spacial score (nSPS) is 10.9. The molecular formula is C10H14OSi. The molecule has 0 spiro atoms. The van der Waals surface area contributed by atoms with E-state index in [4.69, 9.17) is 4.42 Å². The van der Waals surface area contributed by atoms with Gasteiger partial charge in [0.25, 0.3) is 0 Å². The molecule has 0 unspecified atom stereocenters. The number of rotatable bonds is 2. The van der Waals surface area contributed by atoms with Crippen LogP contribution in [-0.4, -0.2) is 8.07 Å². The van der Waals surface area contributed by atoms with Crippen molar-refractivity contribution in [3.63, 3.8) is 0 Å². The fourth-order valence-electron chi connectivity index (χ4n) is 1.14. The van der Waals surface area contributed by atoms with E-state index >= 15 is 0 Å². The zero-order chi connectivity index (χ0) is 9.19. The molecule has 1 heterocycles. The van der Waals surface area contributed by atoms with Crippen LogP contribution in [0.1, 0.15) is 5.76 Å². The summed E-state index contributed by atoms with van der Waals surface area (Å²) < 4.78 is 5.31. The van der Waals surface area contributed by atoms with Crippen LogP contribution in [0.2, 0.25) is 19.6 Å². The first-order chi connectivity index (χ1) is 5.55. The third-order valence-corrected chi connectivity index (χ3v) is 3.62. The molecular weight excluding hydrogens is 164 g/mol. The lowest BCUT2D eigenvalue weighted by atomic mass is 10.4. The summed E-state index contributed by atoms with van der Waals surface area (Å²) in [4.78, 5) is 0. The number of hydrogen-bond acceptors (Lipinski definition) is 1. The maximum absolute atomic E-state index is 5.31. The van der Waals surface area contributed by atoms with E-state index in [1.54, 1.807) is 6.26 Å². The molecule has 0 aliphatic rings. The minimum atomic E-state index is -1.34. The maximum atomic E-state index is 5.31. The Balaban J connectivity index is 3.10. The molecule has 64 valence electrons. The van der Waals surface area contributed by atoms with Gasteiger partial charge in [-0.2, -0.15) is 0 Å². The minimum absolute atomic E-state index is 0.921. The molecule has 0 bridgehead atoms. The Morgan fingerprint density at radius 3 is 2.50 bits per heavy atom. The number of furan rings is 1. The second-order valence-electron chi connectivity index (χ2n) is 3.78. The van der Waals surface area contributed by atoms with Crippen molar-refractivity contribution in [1.82, 2.24) is 0 Å². The van der Waals surface area contributed by atoms with Gasteiger partial charge in [-0.15, -0.1) is 5.73 Å². The van der Waals surface area contributed by atoms with E-state index in [1.165, 1.54) is 0 Å². The molecule has 1 aromatic rings. The first kappa shape index (κ1) is 9.11. The van der Waals surface area contributed by atoms with Crippen LogP contribution in [0.25, 0.3) is 5.20 Å². The van der Waals surface area contributed by atoms with Crippen molar-refractivity contribution < 1.29 is 4.42 Å². The fourth-order valence-corrected chi connectivity index (χ4v) is 2.55. The smallest absolute Gasteiger partial charge is 0.133 e. The highest BCUT2D eigenvalue weighted by Gasteiger charge is 2.22. The molecule has 1 rings (SSSR count). The third-order valence-electron chi connectivity index (χ3n) is 1.69. The molecule has 0 amide bonds. The lowest BCUT2D eigenvalue weighted by Crippen LogP contribution is -2.21. The number of hydrogen-bond donors (Lipinski definition) is 0. The summed E-state index contributed by atoms with van der Waals surface area (Å²) in [6.45, 7) is 10.5. The fraction of sp³-hybridized carbons (Fsp3) is 0.300. The summed E-state index contributed by atoms with van der Waals surface area (Å²) in [5.41, 5.74) is 2.98. The molecule has 0 fully saturated rings. The van der Waals surface area contributed by atoms with Crippen LogP contribution in [0.4, 0.5) is 0 Å². The van der Waals surface area contributed by atoms with Crippen molar-refractivity contribution in [2.75, 3.05) is 0 Å². The van der Waals surface area contributed by atoms with Crippen LogP contribution in [0.15, 0.2) is 35.1 Å². The van der Waals surface area contributed by atoms with Gasteiger partial charge in [-0.25, -0.2) is 0 Å². The molecule has 2 heteroatoms. The second-order valence-corrected chi connectivity index (χ2v) is 8.78. The summed E-state index contributed by atoms with van der Waals surface area (Å²) in [5.74, 6) is 0.921. The van der Waals surface area contributed by atoms with E-state index in [0.717, 1.165) is 11.0 Å². The first-order valence-corrected chi connectivity index (χ1v) is 7.50. The Kier molecular flexibility index (Phi) is 2.41. The zero-order valence-electron chi connectivity index (χ0n) is 7.85. The van der Waals surface area contributed by atoms with Crippen molar-refractivity contribution in [2.24, 2.45) is 0 Å². The van der Waals surface area contributed by atoms with E-state index in [2.05, 4.69) is 32.0 Å². The van der Waals surface area contributed by atoms with Gasteiger partial charge >= 0.3 is 0 Å². The highest BCUT2D eigenvalue weighted by Crippen LogP contribution is 2.24. The van der Waals surface area contributed by atoms with Gasteiger partial charge in [0, 0.05) is 5.20 Å². The Morgan fingerprint density at radius 1 is 1.50 bits per heavy atom. The molecule has 0 atom stereocenters. The highest BCUT2D eigenvalue weighted by atomic mass is 28.3. The molecule has 0 aliphatic heterocycles. The quantitative estimate of drug-likeness (QED) is 0.500. The van der Waals surface area contributed by atoms with Crippen molar-refractivity contribution in [2.45, 2.75) is 19.6 Å². The minimum Gasteiger partial charge on any atom is -0.464 e. The summed E-state index contributed by atoms with van der Waals surface area (Å²) in [7, 11) is -1.34. The standard InChI is InChI=1S/C10H14OSi/c1-5-10(12(2,3)4)9-7-6-8-11-9/h6-8H,1H2,2-4H3. The van der Waals surface area contributed by atoms with Crippen LogP contribution >= 0.6 is 0 Å². The predicted molar refractivity (Wildman–Crippen MR) is 54.6 cm³/mol. The predicted octanol–water partition coefficient (Wildman–Crippen LogP) is 3.33. The molecule has 12 heavy (non-hydrogen) atoms. The van der Waals surface area contributed by atoms with Crippen LogP contribution in [0.3, 0.4) is 0 Å². The van der Waals surface area contributed by atoms with Gasteiger partial charge in [0.2, 0.25) is 0 Å². The monoisotopic (exact) mass is 178 g/mol. The Hall–Kier alpha value is -0.983. The van der Waals surface area contributed by atoms with Gasteiger partial charge in [-0.05, 0) is 12.1 Å². The molecule has 1 aromatic heterocycles. The van der Waals surface area contributed by atoms with E-state index in [-0.39, 0.29) is 0 Å². The lowest BCUT2D eigenvalue weighted by molar-refractivity contribution is 0.555. The van der Waals surface area contributed by atoms with E-state index in [0.29, 0.717) is 0 Å². The average Bonchev–Trinajstić information content (AvgIpc) is 2.38. The molecule has 0 saturated heterocycles. The molecule has 0 aliphatic carbocycles. The average molecular weight is 178 g/mol. The van der Waals surface area contributed by atoms with Gasteiger partial charge < -0.3 is 4.42 Å². The maximum Gasteiger partial charge on any atom is 0.133 e. The van der Waals surface area contributed by atoms with Gasteiger partial charge in [0.15, 0.2) is 0 Å². The topological polar surface area (TPSA) is 13.1 Å². The molecule has 0 saturated carbocycles. The summed E-state index contributed by atoms with van der Waals surface area (Å²) in [6, 6.07) is 3.86. The van der Waals surface area contributed by atoms with Crippen LogP contribution in [0, 0.1) is 0 Å².